The molecule has 19 heavy (non-hydrogen) atoms. The van der Waals surface area contributed by atoms with Crippen molar-refractivity contribution in [2.24, 2.45) is 0 Å². The number of benzene rings is 1. The molecule has 0 bridgehead atoms. The number of thiazole rings is 1. The lowest BCUT2D eigenvalue weighted by Gasteiger charge is -2.12. The van der Waals surface area contributed by atoms with Crippen molar-refractivity contribution >= 4 is 26.7 Å². The van der Waals surface area contributed by atoms with Gasteiger partial charge >= 0.3 is 0 Å². The molecule has 96 valence electrons. The molecule has 0 aliphatic rings. The van der Waals surface area contributed by atoms with Crippen molar-refractivity contribution in [3.8, 4) is 5.75 Å². The minimum Gasteiger partial charge on any atom is -0.508 e. The number of anilines is 1. The van der Waals surface area contributed by atoms with Gasteiger partial charge in [-0.25, -0.2) is 4.98 Å². The number of nitrogens with two attached hydrogens (primary N) is 1. The summed E-state index contributed by atoms with van der Waals surface area (Å²) in [6.45, 7) is 0. The van der Waals surface area contributed by atoms with E-state index in [4.69, 9.17) is 5.73 Å². The van der Waals surface area contributed by atoms with Crippen LogP contribution in [0, 0.1) is 0 Å². The van der Waals surface area contributed by atoms with E-state index < -0.39 is 6.10 Å². The molecule has 0 fully saturated rings. The molecule has 0 spiro atoms. The first-order valence-electron chi connectivity index (χ1n) is 5.62. The highest BCUT2D eigenvalue weighted by atomic mass is 32.1. The number of aliphatic hydroxyl groups excluding tert-OH is 1. The van der Waals surface area contributed by atoms with Crippen molar-refractivity contribution in [1.29, 1.82) is 0 Å². The van der Waals surface area contributed by atoms with Crippen LogP contribution in [-0.4, -0.2) is 20.2 Å². The van der Waals surface area contributed by atoms with Gasteiger partial charge in [-0.05, 0) is 29.8 Å². The Balaban J connectivity index is 2.19. The fraction of sp³-hybridized carbons (Fsp3) is 0.0769. The highest BCUT2D eigenvalue weighted by Gasteiger charge is 2.17. The number of nitrogens with zero attached hydrogens (tertiary/aromatic N) is 2. The van der Waals surface area contributed by atoms with Crippen molar-refractivity contribution in [2.45, 2.75) is 6.10 Å². The normalized spacial score (nSPS) is 12.7. The molecule has 1 atom stereocenters. The highest BCUT2D eigenvalue weighted by molar-refractivity contribution is 7.22. The Bertz CT molecular complexity index is 727. The molecule has 3 aromatic rings. The number of phenolic OH excluding ortho intramolecular Hbond substituents is 1. The summed E-state index contributed by atoms with van der Waals surface area (Å²) < 4.78 is 0.751. The van der Waals surface area contributed by atoms with E-state index in [1.54, 1.807) is 30.6 Å². The zero-order chi connectivity index (χ0) is 13.4. The molecule has 2 heterocycles. The van der Waals surface area contributed by atoms with Gasteiger partial charge in [0.15, 0.2) is 5.13 Å². The summed E-state index contributed by atoms with van der Waals surface area (Å²) in [5, 5.41) is 20.5. The predicted octanol–water partition coefficient (Wildman–Crippen LogP) is 2.06. The third kappa shape index (κ3) is 2.11. The van der Waals surface area contributed by atoms with Crippen molar-refractivity contribution < 1.29 is 10.2 Å². The van der Waals surface area contributed by atoms with Crippen LogP contribution in [0.5, 0.6) is 5.75 Å². The molecule has 5 nitrogen and oxygen atoms in total. The molecule has 1 aromatic carbocycles. The Morgan fingerprint density at radius 3 is 2.68 bits per heavy atom. The molecule has 4 N–H and O–H groups in total. The van der Waals surface area contributed by atoms with Gasteiger partial charge in [-0.1, -0.05) is 11.3 Å². The number of fused-ring (bicyclic) bond motifs is 1. The second-order valence-electron chi connectivity index (χ2n) is 4.12. The van der Waals surface area contributed by atoms with E-state index in [9.17, 15) is 10.2 Å². The Labute approximate surface area is 113 Å². The van der Waals surface area contributed by atoms with Gasteiger partial charge in [0.25, 0.3) is 0 Å². The average molecular weight is 273 g/mol. The molecule has 0 radical (unpaired) electrons. The first-order chi connectivity index (χ1) is 9.15. The van der Waals surface area contributed by atoms with Crippen LogP contribution in [0.2, 0.25) is 0 Å². The van der Waals surface area contributed by atoms with Crippen LogP contribution >= 0.6 is 11.3 Å². The van der Waals surface area contributed by atoms with Crippen molar-refractivity contribution in [1.82, 2.24) is 9.97 Å². The lowest BCUT2D eigenvalue weighted by atomic mass is 10.0. The maximum atomic E-state index is 10.4. The molecule has 6 heteroatoms. The SMILES string of the molecule is Nc1nc2c(C(O)c3ccncc3)cc(O)cc2s1. The summed E-state index contributed by atoms with van der Waals surface area (Å²) in [7, 11) is 0. The van der Waals surface area contributed by atoms with Crippen LogP contribution in [0.4, 0.5) is 5.13 Å². The largest absolute Gasteiger partial charge is 0.508 e. The number of rotatable bonds is 2. The van der Waals surface area contributed by atoms with E-state index in [-0.39, 0.29) is 5.75 Å². The van der Waals surface area contributed by atoms with Crippen LogP contribution in [0.25, 0.3) is 10.2 Å². The van der Waals surface area contributed by atoms with Gasteiger partial charge in [-0.3, -0.25) is 4.98 Å². The summed E-state index contributed by atoms with van der Waals surface area (Å²) in [6.07, 6.45) is 2.33. The van der Waals surface area contributed by atoms with E-state index in [1.165, 1.54) is 17.4 Å². The number of hydrogen-bond donors (Lipinski definition) is 3. The number of hydrogen-bond acceptors (Lipinski definition) is 6. The number of aromatic nitrogens is 2. The van der Waals surface area contributed by atoms with Crippen molar-refractivity contribution in [3.63, 3.8) is 0 Å². The molecule has 2 aromatic heterocycles. The topological polar surface area (TPSA) is 92.3 Å². The molecule has 3 rings (SSSR count). The number of aromatic hydroxyl groups is 1. The third-order valence-corrected chi connectivity index (χ3v) is 3.67. The van der Waals surface area contributed by atoms with Gasteiger partial charge in [0.2, 0.25) is 0 Å². The molecule has 0 aliphatic carbocycles. The lowest BCUT2D eigenvalue weighted by molar-refractivity contribution is 0.221. The lowest BCUT2D eigenvalue weighted by Crippen LogP contribution is -2.00. The first kappa shape index (κ1) is 11.9. The van der Waals surface area contributed by atoms with Crippen LogP contribution < -0.4 is 5.73 Å². The summed E-state index contributed by atoms with van der Waals surface area (Å²) in [4.78, 5) is 8.12. The fourth-order valence-corrected chi connectivity index (χ4v) is 2.79. The zero-order valence-electron chi connectivity index (χ0n) is 9.82. The number of phenols is 1. The maximum Gasteiger partial charge on any atom is 0.181 e. The second-order valence-corrected chi connectivity index (χ2v) is 5.18. The highest BCUT2D eigenvalue weighted by Crippen LogP contribution is 2.35. The third-order valence-electron chi connectivity index (χ3n) is 2.84. The van der Waals surface area contributed by atoms with Crippen LogP contribution in [0.15, 0.2) is 36.7 Å². The molecule has 0 saturated heterocycles. The van der Waals surface area contributed by atoms with Gasteiger partial charge in [0, 0.05) is 18.0 Å². The first-order valence-corrected chi connectivity index (χ1v) is 6.43. The molecule has 0 amide bonds. The maximum absolute atomic E-state index is 10.4. The van der Waals surface area contributed by atoms with Gasteiger partial charge in [-0.2, -0.15) is 0 Å². The second kappa shape index (κ2) is 4.49. The Morgan fingerprint density at radius 2 is 1.95 bits per heavy atom. The van der Waals surface area contributed by atoms with E-state index in [1.807, 2.05) is 0 Å². The number of pyridine rings is 1. The van der Waals surface area contributed by atoms with E-state index in [2.05, 4.69) is 9.97 Å². The summed E-state index contributed by atoms with van der Waals surface area (Å²) >= 11 is 1.28. The van der Waals surface area contributed by atoms with Crippen molar-refractivity contribution in [2.75, 3.05) is 5.73 Å². The number of aliphatic hydroxyl groups is 1. The van der Waals surface area contributed by atoms with E-state index >= 15 is 0 Å². The van der Waals surface area contributed by atoms with Gasteiger partial charge in [0.05, 0.1) is 10.2 Å². The average Bonchev–Trinajstić information content (AvgIpc) is 2.78. The van der Waals surface area contributed by atoms with Crippen LogP contribution in [0.3, 0.4) is 0 Å². The Morgan fingerprint density at radius 1 is 1.21 bits per heavy atom. The van der Waals surface area contributed by atoms with Gasteiger partial charge < -0.3 is 15.9 Å². The van der Waals surface area contributed by atoms with Gasteiger partial charge in [0.1, 0.15) is 11.9 Å². The van der Waals surface area contributed by atoms with Crippen LogP contribution in [-0.2, 0) is 0 Å². The smallest absolute Gasteiger partial charge is 0.181 e. The minimum atomic E-state index is -0.876. The molecule has 0 saturated carbocycles. The van der Waals surface area contributed by atoms with E-state index in [0.29, 0.717) is 21.8 Å². The molecular formula is C13H11N3O2S. The van der Waals surface area contributed by atoms with E-state index in [0.717, 1.165) is 4.70 Å². The molecule has 1 unspecified atom stereocenters. The summed E-state index contributed by atoms with van der Waals surface area (Å²) in [5.74, 6) is 0.0826. The quantitative estimate of drug-likeness (QED) is 0.664. The monoisotopic (exact) mass is 273 g/mol. The van der Waals surface area contributed by atoms with Crippen LogP contribution in [0.1, 0.15) is 17.2 Å². The standard InChI is InChI=1S/C13H11N3O2S/c14-13-16-11-9(5-8(17)6-10(11)19-13)12(18)7-1-3-15-4-2-7/h1-6,12,17-18H,(H2,14,16). The zero-order valence-corrected chi connectivity index (χ0v) is 10.6. The van der Waals surface area contributed by atoms with Gasteiger partial charge in [-0.15, -0.1) is 0 Å². The molecular weight excluding hydrogens is 262 g/mol. The summed E-state index contributed by atoms with van der Waals surface area (Å²) in [5.41, 5.74) is 7.52. The summed E-state index contributed by atoms with van der Waals surface area (Å²) in [6, 6.07) is 6.53. The Kier molecular flexibility index (Phi) is 2.81. The van der Waals surface area contributed by atoms with Crippen molar-refractivity contribution in [3.05, 3.63) is 47.8 Å². The Hall–Kier alpha value is -2.18. The minimum absolute atomic E-state index is 0.0826. The number of nitrogen functional groups attached to an aromatic ring is 1. The molecule has 0 aliphatic heterocycles. The predicted molar refractivity (Wildman–Crippen MR) is 74.0 cm³/mol. The fourth-order valence-electron chi connectivity index (χ4n) is 1.99.